The molecule has 3 aromatic rings. The summed E-state index contributed by atoms with van der Waals surface area (Å²) < 4.78 is 7.10. The van der Waals surface area contributed by atoms with Gasteiger partial charge in [-0.3, -0.25) is 19.2 Å². The fraction of sp³-hybridized carbons (Fsp3) is 0.333. The largest absolute Gasteiger partial charge is 0.497 e. The van der Waals surface area contributed by atoms with Gasteiger partial charge in [0.15, 0.2) is 0 Å². The molecule has 9 heteroatoms. The maximum atomic E-state index is 13.3. The van der Waals surface area contributed by atoms with Gasteiger partial charge in [0, 0.05) is 17.8 Å². The number of carbonyl (C=O) groups excluding carboxylic acids is 3. The first-order valence-electron chi connectivity index (χ1n) is 11.9. The second kappa shape index (κ2) is 10.2. The van der Waals surface area contributed by atoms with E-state index in [0.717, 1.165) is 27.4 Å². The fourth-order valence-electron chi connectivity index (χ4n) is 4.57. The van der Waals surface area contributed by atoms with E-state index >= 15 is 0 Å². The number of imide groups is 1. The second-order valence-electron chi connectivity index (χ2n) is 8.88. The summed E-state index contributed by atoms with van der Waals surface area (Å²) in [7, 11) is 1.56. The summed E-state index contributed by atoms with van der Waals surface area (Å²) in [4.78, 5) is 39.8. The summed E-state index contributed by atoms with van der Waals surface area (Å²) in [6.45, 7) is 6.22. The summed E-state index contributed by atoms with van der Waals surface area (Å²) in [5, 5.41) is 10.3. The van der Waals surface area contributed by atoms with Crippen LogP contribution < -0.4 is 15.4 Å². The third kappa shape index (κ3) is 4.68. The minimum Gasteiger partial charge on any atom is -0.497 e. The van der Waals surface area contributed by atoms with E-state index in [1.807, 2.05) is 55.8 Å². The number of aryl methyl sites for hydroxylation is 1. The molecule has 2 N–H and O–H groups in total. The molecular weight excluding hydrogens is 458 g/mol. The van der Waals surface area contributed by atoms with Gasteiger partial charge in [0.25, 0.3) is 5.91 Å². The molecule has 9 nitrogen and oxygen atoms in total. The van der Waals surface area contributed by atoms with Gasteiger partial charge >= 0.3 is 6.03 Å². The Morgan fingerprint density at radius 2 is 1.78 bits per heavy atom. The molecular formula is C27H31N5O4. The zero-order valence-electron chi connectivity index (χ0n) is 21.0. The standard InChI is InChI=1S/C27H31N5O4/c1-5-27(21-11-13-22(36-4)14-12-21)25(34)31(26(35)29-27)17-24(33)28-15-23-18(2)30-32(19(23)3)16-20-9-7-6-8-10-20/h6-14H,5,15-17H2,1-4H3,(H,28,33)(H,29,35). The molecule has 0 spiro atoms. The maximum Gasteiger partial charge on any atom is 0.325 e. The number of carbonyl (C=O) groups is 3. The first kappa shape index (κ1) is 25.0. The van der Waals surface area contributed by atoms with E-state index in [2.05, 4.69) is 15.7 Å². The number of aromatic nitrogens is 2. The number of nitrogens with zero attached hydrogens (tertiary/aromatic N) is 3. The number of methoxy groups -OCH3 is 1. The minimum absolute atomic E-state index is 0.256. The molecule has 188 valence electrons. The molecule has 4 amide bonds. The zero-order chi connectivity index (χ0) is 25.9. The summed E-state index contributed by atoms with van der Waals surface area (Å²) in [6.07, 6.45) is 0.348. The van der Waals surface area contributed by atoms with E-state index in [1.165, 1.54) is 0 Å². The van der Waals surface area contributed by atoms with Crippen LogP contribution in [0.15, 0.2) is 54.6 Å². The minimum atomic E-state index is -1.21. The SMILES string of the molecule is CCC1(c2ccc(OC)cc2)NC(=O)N(CC(=O)NCc2c(C)nn(Cc3ccccc3)c2C)C1=O. The highest BCUT2D eigenvalue weighted by Gasteiger charge is 2.51. The van der Waals surface area contributed by atoms with E-state index in [1.54, 1.807) is 31.4 Å². The Balaban J connectivity index is 1.42. The molecule has 1 aliphatic rings. The van der Waals surface area contributed by atoms with Gasteiger partial charge in [0.1, 0.15) is 17.8 Å². The lowest BCUT2D eigenvalue weighted by Gasteiger charge is -2.26. The van der Waals surface area contributed by atoms with E-state index in [-0.39, 0.29) is 13.1 Å². The van der Waals surface area contributed by atoms with Gasteiger partial charge in [0.05, 0.1) is 19.3 Å². The molecule has 1 saturated heterocycles. The number of rotatable bonds is 9. The third-order valence-corrected chi connectivity index (χ3v) is 6.76. The zero-order valence-corrected chi connectivity index (χ0v) is 21.0. The van der Waals surface area contributed by atoms with Gasteiger partial charge in [-0.1, -0.05) is 49.4 Å². The van der Waals surface area contributed by atoms with Gasteiger partial charge < -0.3 is 15.4 Å². The van der Waals surface area contributed by atoms with Crippen LogP contribution in [0.25, 0.3) is 0 Å². The number of nitrogens with one attached hydrogen (secondary N) is 2. The van der Waals surface area contributed by atoms with Crippen molar-refractivity contribution in [1.29, 1.82) is 0 Å². The predicted molar refractivity (Wildman–Crippen MR) is 134 cm³/mol. The summed E-state index contributed by atoms with van der Waals surface area (Å²) in [6, 6.07) is 16.4. The number of urea groups is 1. The van der Waals surface area contributed by atoms with Gasteiger partial charge in [0.2, 0.25) is 5.91 Å². The lowest BCUT2D eigenvalue weighted by molar-refractivity contribution is -0.135. The van der Waals surface area contributed by atoms with Gasteiger partial charge in [-0.2, -0.15) is 5.10 Å². The highest BCUT2D eigenvalue weighted by molar-refractivity contribution is 6.09. The number of hydrogen-bond donors (Lipinski definition) is 2. The van der Waals surface area contributed by atoms with Gasteiger partial charge in [-0.25, -0.2) is 4.79 Å². The Morgan fingerprint density at radius 1 is 1.08 bits per heavy atom. The van der Waals surface area contributed by atoms with Crippen LogP contribution in [0, 0.1) is 13.8 Å². The van der Waals surface area contributed by atoms with Crippen molar-refractivity contribution in [2.75, 3.05) is 13.7 Å². The Bertz CT molecular complexity index is 1270. The van der Waals surface area contributed by atoms with Crippen LogP contribution >= 0.6 is 0 Å². The molecule has 2 aromatic carbocycles. The molecule has 2 heterocycles. The van der Waals surface area contributed by atoms with Gasteiger partial charge in [-0.15, -0.1) is 0 Å². The molecule has 4 rings (SSSR count). The average molecular weight is 490 g/mol. The maximum absolute atomic E-state index is 13.3. The van der Waals surface area contributed by atoms with Crippen molar-refractivity contribution in [2.24, 2.45) is 0 Å². The number of ether oxygens (including phenoxy) is 1. The number of benzene rings is 2. The molecule has 1 atom stereocenters. The molecule has 0 bridgehead atoms. The van der Waals surface area contributed by atoms with Crippen LogP contribution in [-0.4, -0.2) is 46.2 Å². The quantitative estimate of drug-likeness (QED) is 0.450. The molecule has 1 aliphatic heterocycles. The van der Waals surface area contributed by atoms with Crippen LogP contribution in [0.3, 0.4) is 0 Å². The first-order chi connectivity index (χ1) is 17.3. The fourth-order valence-corrected chi connectivity index (χ4v) is 4.57. The van der Waals surface area contributed by atoms with Crippen molar-refractivity contribution in [1.82, 2.24) is 25.3 Å². The van der Waals surface area contributed by atoms with Crippen molar-refractivity contribution < 1.29 is 19.1 Å². The first-order valence-corrected chi connectivity index (χ1v) is 11.9. The molecule has 36 heavy (non-hydrogen) atoms. The molecule has 1 fully saturated rings. The summed E-state index contributed by atoms with van der Waals surface area (Å²) in [5.74, 6) is -0.219. The Labute approximate surface area is 210 Å². The van der Waals surface area contributed by atoms with Crippen molar-refractivity contribution >= 4 is 17.8 Å². The molecule has 0 aliphatic carbocycles. The van der Waals surface area contributed by atoms with Crippen molar-refractivity contribution in [3.05, 3.63) is 82.7 Å². The third-order valence-electron chi connectivity index (χ3n) is 6.76. The molecule has 1 aromatic heterocycles. The van der Waals surface area contributed by atoms with Crippen LogP contribution in [-0.2, 0) is 28.2 Å². The number of hydrogen-bond acceptors (Lipinski definition) is 5. The molecule has 0 radical (unpaired) electrons. The summed E-state index contributed by atoms with van der Waals surface area (Å²) >= 11 is 0. The van der Waals surface area contributed by atoms with E-state index in [4.69, 9.17) is 4.74 Å². The number of amides is 4. The van der Waals surface area contributed by atoms with Gasteiger partial charge in [-0.05, 0) is 43.5 Å². The Hall–Kier alpha value is -4.14. The van der Waals surface area contributed by atoms with Crippen LogP contribution in [0.5, 0.6) is 5.75 Å². The molecule has 0 saturated carbocycles. The topological polar surface area (TPSA) is 106 Å². The van der Waals surface area contributed by atoms with E-state index < -0.39 is 23.4 Å². The average Bonchev–Trinajstić information content (AvgIpc) is 3.29. The lowest BCUT2D eigenvalue weighted by Crippen LogP contribution is -2.44. The van der Waals surface area contributed by atoms with E-state index in [9.17, 15) is 14.4 Å². The van der Waals surface area contributed by atoms with Crippen LogP contribution in [0.4, 0.5) is 4.79 Å². The lowest BCUT2D eigenvalue weighted by atomic mass is 9.87. The van der Waals surface area contributed by atoms with Crippen LogP contribution in [0.1, 0.15) is 41.4 Å². The molecule has 1 unspecified atom stereocenters. The highest BCUT2D eigenvalue weighted by atomic mass is 16.5. The monoisotopic (exact) mass is 489 g/mol. The normalized spacial score (nSPS) is 17.3. The Morgan fingerprint density at radius 3 is 2.42 bits per heavy atom. The second-order valence-corrected chi connectivity index (χ2v) is 8.88. The van der Waals surface area contributed by atoms with Crippen LogP contribution in [0.2, 0.25) is 0 Å². The van der Waals surface area contributed by atoms with Crippen molar-refractivity contribution in [3.63, 3.8) is 0 Å². The predicted octanol–water partition coefficient (Wildman–Crippen LogP) is 3.03. The van der Waals surface area contributed by atoms with E-state index in [0.29, 0.717) is 24.3 Å². The van der Waals surface area contributed by atoms with Crippen molar-refractivity contribution in [3.8, 4) is 5.75 Å². The highest BCUT2D eigenvalue weighted by Crippen LogP contribution is 2.33. The summed E-state index contributed by atoms with van der Waals surface area (Å²) in [5.41, 5.74) is 3.25. The Kier molecular flexibility index (Phi) is 7.10. The smallest absolute Gasteiger partial charge is 0.325 e. The van der Waals surface area contributed by atoms with Crippen molar-refractivity contribution in [2.45, 2.75) is 45.8 Å².